The van der Waals surface area contributed by atoms with Crippen LogP contribution in [-0.2, 0) is 10.0 Å². The van der Waals surface area contributed by atoms with Gasteiger partial charge in [0.15, 0.2) is 0 Å². The van der Waals surface area contributed by atoms with Crippen LogP contribution in [0, 0.1) is 11.2 Å². The fourth-order valence-electron chi connectivity index (χ4n) is 1.56. The van der Waals surface area contributed by atoms with Crippen molar-refractivity contribution < 1.29 is 12.8 Å². The second-order valence-electron chi connectivity index (χ2n) is 5.09. The third kappa shape index (κ3) is 3.51. The van der Waals surface area contributed by atoms with Crippen molar-refractivity contribution in [2.45, 2.75) is 18.7 Å². The molecule has 0 amide bonds. The van der Waals surface area contributed by atoms with Gasteiger partial charge in [0.2, 0.25) is 10.0 Å². The van der Waals surface area contributed by atoms with Crippen molar-refractivity contribution in [1.29, 1.82) is 0 Å². The molecule has 0 aliphatic carbocycles. The summed E-state index contributed by atoms with van der Waals surface area (Å²) in [7, 11) is -2.20. The topological polar surface area (TPSA) is 63.4 Å². The van der Waals surface area contributed by atoms with E-state index in [9.17, 15) is 12.8 Å². The van der Waals surface area contributed by atoms with Crippen molar-refractivity contribution in [2.24, 2.45) is 11.1 Å². The van der Waals surface area contributed by atoms with Crippen LogP contribution in [-0.4, -0.2) is 32.9 Å². The second-order valence-corrected chi connectivity index (χ2v) is 7.13. The maximum atomic E-state index is 13.1. The van der Waals surface area contributed by atoms with E-state index in [4.69, 9.17) is 5.73 Å². The number of rotatable bonds is 5. The maximum Gasteiger partial charge on any atom is 0.242 e. The van der Waals surface area contributed by atoms with E-state index in [1.54, 1.807) is 0 Å². The van der Waals surface area contributed by atoms with Gasteiger partial charge in [-0.2, -0.15) is 0 Å². The Labute approximate surface area is 108 Å². The summed E-state index contributed by atoms with van der Waals surface area (Å²) < 4.78 is 38.7. The van der Waals surface area contributed by atoms with Crippen LogP contribution in [0.15, 0.2) is 29.2 Å². The molecule has 1 rings (SSSR count). The zero-order chi connectivity index (χ0) is 14.0. The first-order chi connectivity index (χ1) is 8.19. The molecule has 4 nitrogen and oxygen atoms in total. The van der Waals surface area contributed by atoms with Gasteiger partial charge in [-0.1, -0.05) is 19.9 Å². The molecule has 102 valence electrons. The van der Waals surface area contributed by atoms with E-state index in [0.717, 1.165) is 6.07 Å². The van der Waals surface area contributed by atoms with Crippen molar-refractivity contribution in [3.63, 3.8) is 0 Å². The van der Waals surface area contributed by atoms with Crippen molar-refractivity contribution in [1.82, 2.24) is 4.31 Å². The zero-order valence-electron chi connectivity index (χ0n) is 10.9. The maximum absolute atomic E-state index is 13.1. The number of benzene rings is 1. The van der Waals surface area contributed by atoms with Gasteiger partial charge < -0.3 is 5.73 Å². The van der Waals surface area contributed by atoms with Crippen LogP contribution in [0.5, 0.6) is 0 Å². The quantitative estimate of drug-likeness (QED) is 0.883. The monoisotopic (exact) mass is 274 g/mol. The molecule has 18 heavy (non-hydrogen) atoms. The van der Waals surface area contributed by atoms with Crippen LogP contribution in [0.25, 0.3) is 0 Å². The molecule has 0 unspecified atom stereocenters. The minimum atomic E-state index is -3.67. The minimum Gasteiger partial charge on any atom is -0.330 e. The molecule has 0 atom stereocenters. The summed E-state index contributed by atoms with van der Waals surface area (Å²) in [5, 5.41) is 0. The molecule has 0 aliphatic heterocycles. The van der Waals surface area contributed by atoms with E-state index in [1.807, 2.05) is 13.8 Å². The predicted octanol–water partition coefficient (Wildman–Crippen LogP) is 1.43. The van der Waals surface area contributed by atoms with E-state index >= 15 is 0 Å². The number of halogens is 1. The number of nitrogens with zero attached hydrogens (tertiary/aromatic N) is 1. The van der Waals surface area contributed by atoms with Crippen molar-refractivity contribution in [2.75, 3.05) is 20.1 Å². The Morgan fingerprint density at radius 3 is 2.50 bits per heavy atom. The molecule has 1 aromatic carbocycles. The van der Waals surface area contributed by atoms with Crippen molar-refractivity contribution >= 4 is 10.0 Å². The number of sulfonamides is 1. The number of hydrogen-bond donors (Lipinski definition) is 1. The highest BCUT2D eigenvalue weighted by Crippen LogP contribution is 2.20. The van der Waals surface area contributed by atoms with E-state index in [0.29, 0.717) is 6.54 Å². The summed E-state index contributed by atoms with van der Waals surface area (Å²) in [5.74, 6) is -0.567. The fraction of sp³-hybridized carbons (Fsp3) is 0.500. The largest absolute Gasteiger partial charge is 0.330 e. The van der Waals surface area contributed by atoms with Gasteiger partial charge in [-0.3, -0.25) is 0 Å². The highest BCUT2D eigenvalue weighted by molar-refractivity contribution is 7.89. The van der Waals surface area contributed by atoms with Crippen LogP contribution >= 0.6 is 0 Å². The first-order valence-electron chi connectivity index (χ1n) is 5.61. The molecule has 0 aromatic heterocycles. The van der Waals surface area contributed by atoms with Crippen molar-refractivity contribution in [3.05, 3.63) is 30.1 Å². The Morgan fingerprint density at radius 1 is 1.39 bits per heavy atom. The Kier molecular flexibility index (Phi) is 4.47. The van der Waals surface area contributed by atoms with E-state index in [2.05, 4.69) is 0 Å². The molecule has 0 radical (unpaired) electrons. The summed E-state index contributed by atoms with van der Waals surface area (Å²) in [6.07, 6.45) is 0. The average molecular weight is 274 g/mol. The molecule has 0 fully saturated rings. The lowest BCUT2D eigenvalue weighted by Crippen LogP contribution is -2.39. The third-order valence-electron chi connectivity index (χ3n) is 2.71. The molecule has 2 N–H and O–H groups in total. The standard InChI is InChI=1S/C12H19FN2O2S/c1-12(2,8-14)9-15(3)18(16,17)11-6-4-5-10(13)7-11/h4-7H,8-9,14H2,1-3H3. The second kappa shape index (κ2) is 5.34. The zero-order valence-corrected chi connectivity index (χ0v) is 11.7. The molecule has 6 heteroatoms. The van der Waals surface area contributed by atoms with E-state index in [1.165, 1.54) is 29.6 Å². The van der Waals surface area contributed by atoms with Gasteiger partial charge in [0.25, 0.3) is 0 Å². The molecule has 0 heterocycles. The first-order valence-corrected chi connectivity index (χ1v) is 7.05. The lowest BCUT2D eigenvalue weighted by molar-refractivity contribution is 0.292. The lowest BCUT2D eigenvalue weighted by atomic mass is 9.94. The molecule has 0 aliphatic rings. The van der Waals surface area contributed by atoms with Gasteiger partial charge in [-0.05, 0) is 30.2 Å². The molecule has 0 saturated carbocycles. The summed E-state index contributed by atoms with van der Waals surface area (Å²) in [6.45, 7) is 4.41. The molecule has 0 bridgehead atoms. The lowest BCUT2D eigenvalue weighted by Gasteiger charge is -2.28. The summed E-state index contributed by atoms with van der Waals surface area (Å²) in [5.41, 5.74) is 5.25. The summed E-state index contributed by atoms with van der Waals surface area (Å²) in [4.78, 5) is -0.0437. The van der Waals surface area contributed by atoms with Crippen LogP contribution < -0.4 is 5.73 Å². The molecular weight excluding hydrogens is 255 g/mol. The summed E-state index contributed by atoms with van der Waals surface area (Å²) >= 11 is 0. The Balaban J connectivity index is 3.01. The van der Waals surface area contributed by atoms with Gasteiger partial charge in [0, 0.05) is 13.6 Å². The van der Waals surface area contributed by atoms with Gasteiger partial charge in [-0.25, -0.2) is 17.1 Å². The average Bonchev–Trinajstić information content (AvgIpc) is 2.28. The molecule has 0 spiro atoms. The first kappa shape index (κ1) is 15.1. The van der Waals surface area contributed by atoms with Crippen LogP contribution in [0.2, 0.25) is 0 Å². The Bertz CT molecular complexity index is 515. The van der Waals surface area contributed by atoms with Crippen LogP contribution in [0.4, 0.5) is 4.39 Å². The SMILES string of the molecule is CN(CC(C)(C)CN)S(=O)(=O)c1cccc(F)c1. The molecule has 1 aromatic rings. The Morgan fingerprint density at radius 2 is 2.00 bits per heavy atom. The van der Waals surface area contributed by atoms with Gasteiger partial charge in [0.05, 0.1) is 4.90 Å². The minimum absolute atomic E-state index is 0.0437. The highest BCUT2D eigenvalue weighted by Gasteiger charge is 2.27. The van der Waals surface area contributed by atoms with Gasteiger partial charge in [-0.15, -0.1) is 0 Å². The van der Waals surface area contributed by atoms with Gasteiger partial charge >= 0.3 is 0 Å². The normalized spacial score (nSPS) is 13.0. The van der Waals surface area contributed by atoms with Crippen LogP contribution in [0.1, 0.15) is 13.8 Å². The molecular formula is C12H19FN2O2S. The smallest absolute Gasteiger partial charge is 0.242 e. The van der Waals surface area contributed by atoms with E-state index < -0.39 is 15.8 Å². The number of hydrogen-bond acceptors (Lipinski definition) is 3. The third-order valence-corrected chi connectivity index (χ3v) is 4.51. The van der Waals surface area contributed by atoms with Gasteiger partial charge in [0.1, 0.15) is 5.82 Å². The Hall–Kier alpha value is -0.980. The van der Waals surface area contributed by atoms with Crippen LogP contribution in [0.3, 0.4) is 0 Å². The van der Waals surface area contributed by atoms with E-state index in [-0.39, 0.29) is 16.9 Å². The fourth-order valence-corrected chi connectivity index (χ4v) is 2.95. The number of nitrogens with two attached hydrogens (primary N) is 1. The highest BCUT2D eigenvalue weighted by atomic mass is 32.2. The van der Waals surface area contributed by atoms with Crippen molar-refractivity contribution in [3.8, 4) is 0 Å². The predicted molar refractivity (Wildman–Crippen MR) is 69.1 cm³/mol. The summed E-state index contributed by atoms with van der Waals surface area (Å²) in [6, 6.07) is 4.98. The molecule has 0 saturated heterocycles.